The molecule has 2 atom stereocenters. The van der Waals surface area contributed by atoms with E-state index in [4.69, 9.17) is 0 Å². The van der Waals surface area contributed by atoms with E-state index in [2.05, 4.69) is 52.0 Å². The molecule has 0 aromatic heterocycles. The summed E-state index contributed by atoms with van der Waals surface area (Å²) in [6.07, 6.45) is 7.01. The minimum absolute atomic E-state index is 0.115. The first-order valence-electron chi connectivity index (χ1n) is 10.6. The highest BCUT2D eigenvalue weighted by Crippen LogP contribution is 2.32. The summed E-state index contributed by atoms with van der Waals surface area (Å²) >= 11 is 0. The lowest BCUT2D eigenvalue weighted by Gasteiger charge is -2.57. The third-order valence-corrected chi connectivity index (χ3v) is 6.92. The van der Waals surface area contributed by atoms with E-state index in [0.717, 1.165) is 32.2 Å². The van der Waals surface area contributed by atoms with Crippen LogP contribution in [0.3, 0.4) is 0 Å². The third kappa shape index (κ3) is 3.84. The first kappa shape index (κ1) is 18.4. The molecule has 2 aliphatic heterocycles. The van der Waals surface area contributed by atoms with Crippen LogP contribution in [0, 0.1) is 0 Å². The average molecular weight is 358 g/mol. The second-order valence-corrected chi connectivity index (χ2v) is 8.94. The Kier molecular flexibility index (Phi) is 5.65. The van der Waals surface area contributed by atoms with Crippen LogP contribution in [0.25, 0.3) is 0 Å². The van der Waals surface area contributed by atoms with Gasteiger partial charge in [0.25, 0.3) is 0 Å². The molecule has 1 N–H and O–H groups in total. The number of aliphatic hydroxyl groups is 1. The largest absolute Gasteiger partial charge is 0.394 e. The summed E-state index contributed by atoms with van der Waals surface area (Å²) in [5, 5.41) is 10.2. The van der Waals surface area contributed by atoms with E-state index in [1.807, 2.05) is 0 Å². The Labute approximate surface area is 158 Å². The quantitative estimate of drug-likeness (QED) is 0.897. The molecular formula is C22H35N3O. The van der Waals surface area contributed by atoms with Crippen LogP contribution in [0.15, 0.2) is 30.3 Å². The van der Waals surface area contributed by atoms with Crippen LogP contribution < -0.4 is 0 Å². The highest BCUT2D eigenvalue weighted by atomic mass is 16.3. The number of hydrogen-bond donors (Lipinski definition) is 1. The van der Waals surface area contributed by atoms with Gasteiger partial charge in [0.1, 0.15) is 0 Å². The van der Waals surface area contributed by atoms with Crippen molar-refractivity contribution in [1.29, 1.82) is 0 Å². The number of piperazine rings is 2. The molecule has 4 rings (SSSR count). The number of aliphatic hydroxyl groups excluding tert-OH is 1. The molecule has 1 saturated carbocycles. The molecule has 4 heteroatoms. The summed E-state index contributed by atoms with van der Waals surface area (Å²) in [6.45, 7) is 9.03. The zero-order valence-electron chi connectivity index (χ0n) is 16.3. The first-order valence-corrected chi connectivity index (χ1v) is 10.6. The summed E-state index contributed by atoms with van der Waals surface area (Å²) in [5.74, 6) is 0. The summed E-state index contributed by atoms with van der Waals surface area (Å²) in [6, 6.07) is 12.1. The monoisotopic (exact) mass is 357 g/mol. The Morgan fingerprint density at radius 3 is 2.50 bits per heavy atom. The minimum atomic E-state index is -0.115. The maximum absolute atomic E-state index is 10.2. The van der Waals surface area contributed by atoms with Crippen molar-refractivity contribution in [3.8, 4) is 0 Å². The van der Waals surface area contributed by atoms with E-state index in [1.165, 1.54) is 50.8 Å². The molecule has 2 unspecified atom stereocenters. The van der Waals surface area contributed by atoms with Crippen molar-refractivity contribution in [2.45, 2.75) is 63.2 Å². The van der Waals surface area contributed by atoms with Gasteiger partial charge < -0.3 is 5.11 Å². The molecule has 1 aromatic rings. The van der Waals surface area contributed by atoms with Crippen molar-refractivity contribution in [3.63, 3.8) is 0 Å². The van der Waals surface area contributed by atoms with Gasteiger partial charge in [-0.25, -0.2) is 0 Å². The third-order valence-electron chi connectivity index (χ3n) is 6.92. The van der Waals surface area contributed by atoms with Gasteiger partial charge >= 0.3 is 0 Å². The normalized spacial score (nSPS) is 32.5. The standard InChI is InChI=1S/C22H35N3O/c1-22(18-26)17-23(14-19-8-4-2-5-9-19)15-21-16-24(12-13-25(21)22)20-10-6-3-7-11-20/h2,4-5,8-9,20-21,26H,3,6-7,10-18H2,1H3. The van der Waals surface area contributed by atoms with Gasteiger partial charge in [0.05, 0.1) is 12.1 Å². The molecule has 2 heterocycles. The number of fused-ring (bicyclic) bond motifs is 1. The van der Waals surface area contributed by atoms with Crippen LogP contribution in [0.2, 0.25) is 0 Å². The highest BCUT2D eigenvalue weighted by Gasteiger charge is 2.45. The van der Waals surface area contributed by atoms with Gasteiger partial charge in [-0.15, -0.1) is 0 Å². The van der Waals surface area contributed by atoms with Crippen LogP contribution in [0.1, 0.15) is 44.6 Å². The molecule has 0 amide bonds. The zero-order valence-corrected chi connectivity index (χ0v) is 16.3. The Balaban J connectivity index is 1.46. The number of nitrogens with zero attached hydrogens (tertiary/aromatic N) is 3. The molecule has 4 nitrogen and oxygen atoms in total. The molecule has 1 aliphatic carbocycles. The van der Waals surface area contributed by atoms with Crippen molar-refractivity contribution in [3.05, 3.63) is 35.9 Å². The fourth-order valence-electron chi connectivity index (χ4n) is 5.56. The van der Waals surface area contributed by atoms with Crippen molar-refractivity contribution in [1.82, 2.24) is 14.7 Å². The summed E-state index contributed by atoms with van der Waals surface area (Å²) in [7, 11) is 0. The summed E-state index contributed by atoms with van der Waals surface area (Å²) < 4.78 is 0. The minimum Gasteiger partial charge on any atom is -0.394 e. The Hall–Kier alpha value is -0.940. The number of hydrogen-bond acceptors (Lipinski definition) is 4. The van der Waals surface area contributed by atoms with Gasteiger partial charge in [-0.05, 0) is 25.3 Å². The van der Waals surface area contributed by atoms with E-state index < -0.39 is 0 Å². The first-order chi connectivity index (χ1) is 12.7. The molecule has 0 spiro atoms. The lowest BCUT2D eigenvalue weighted by Crippen LogP contribution is -2.72. The van der Waals surface area contributed by atoms with Crippen molar-refractivity contribution in [2.24, 2.45) is 0 Å². The zero-order chi connectivity index (χ0) is 18.0. The van der Waals surface area contributed by atoms with Gasteiger partial charge in [-0.3, -0.25) is 14.7 Å². The Bertz CT molecular complexity index is 574. The molecular weight excluding hydrogens is 322 g/mol. The predicted molar refractivity (Wildman–Crippen MR) is 106 cm³/mol. The van der Waals surface area contributed by atoms with Gasteiger partial charge in [0, 0.05) is 51.4 Å². The van der Waals surface area contributed by atoms with E-state index in [-0.39, 0.29) is 12.1 Å². The fourth-order valence-corrected chi connectivity index (χ4v) is 5.56. The van der Waals surface area contributed by atoms with E-state index in [9.17, 15) is 5.11 Å². The average Bonchev–Trinajstić information content (AvgIpc) is 2.69. The second-order valence-electron chi connectivity index (χ2n) is 8.94. The Morgan fingerprint density at radius 1 is 1.00 bits per heavy atom. The van der Waals surface area contributed by atoms with Crippen molar-refractivity contribution >= 4 is 0 Å². The number of benzene rings is 1. The second kappa shape index (κ2) is 7.97. The summed E-state index contributed by atoms with van der Waals surface area (Å²) in [5.41, 5.74) is 1.26. The van der Waals surface area contributed by atoms with E-state index in [0.29, 0.717) is 6.04 Å². The van der Waals surface area contributed by atoms with Gasteiger partial charge in [0.2, 0.25) is 0 Å². The van der Waals surface area contributed by atoms with Crippen molar-refractivity contribution in [2.75, 3.05) is 39.3 Å². The molecule has 0 radical (unpaired) electrons. The molecule has 144 valence electrons. The van der Waals surface area contributed by atoms with Crippen LogP contribution in [-0.4, -0.2) is 76.8 Å². The van der Waals surface area contributed by atoms with Gasteiger partial charge in [0.15, 0.2) is 0 Å². The van der Waals surface area contributed by atoms with Gasteiger partial charge in [-0.1, -0.05) is 49.6 Å². The van der Waals surface area contributed by atoms with Crippen LogP contribution in [0.5, 0.6) is 0 Å². The topological polar surface area (TPSA) is 30.0 Å². The smallest absolute Gasteiger partial charge is 0.0625 e. The lowest BCUT2D eigenvalue weighted by molar-refractivity contribution is -0.101. The molecule has 0 bridgehead atoms. The maximum atomic E-state index is 10.2. The molecule has 2 saturated heterocycles. The van der Waals surface area contributed by atoms with E-state index in [1.54, 1.807) is 0 Å². The number of rotatable bonds is 4. The van der Waals surface area contributed by atoms with Crippen LogP contribution in [0.4, 0.5) is 0 Å². The van der Waals surface area contributed by atoms with Crippen LogP contribution >= 0.6 is 0 Å². The van der Waals surface area contributed by atoms with Crippen LogP contribution in [-0.2, 0) is 6.54 Å². The van der Waals surface area contributed by atoms with E-state index >= 15 is 0 Å². The lowest BCUT2D eigenvalue weighted by atomic mass is 9.89. The van der Waals surface area contributed by atoms with Gasteiger partial charge in [-0.2, -0.15) is 0 Å². The molecule has 1 aromatic carbocycles. The Morgan fingerprint density at radius 2 is 1.77 bits per heavy atom. The van der Waals surface area contributed by atoms with Crippen molar-refractivity contribution < 1.29 is 5.11 Å². The summed E-state index contributed by atoms with van der Waals surface area (Å²) in [4.78, 5) is 7.95. The fraction of sp³-hybridized carbons (Fsp3) is 0.727. The molecule has 3 fully saturated rings. The SMILES string of the molecule is CC1(CO)CN(Cc2ccccc2)CC2CN(C3CCCCC3)CCN21. The molecule has 26 heavy (non-hydrogen) atoms. The maximum Gasteiger partial charge on any atom is 0.0625 e. The molecule has 3 aliphatic rings. The highest BCUT2D eigenvalue weighted by molar-refractivity contribution is 5.15. The predicted octanol–water partition coefficient (Wildman–Crippen LogP) is 2.57.